The zero-order chi connectivity index (χ0) is 14.5. The van der Waals surface area contributed by atoms with Crippen LogP contribution in [0.1, 0.15) is 28.8 Å². The molecule has 1 N–H and O–H groups in total. The number of likely N-dealkylation sites (N-methyl/N-ethyl adjacent to an activating group) is 1. The molecule has 1 aliphatic rings. The molecule has 1 aromatic rings. The predicted molar refractivity (Wildman–Crippen MR) is 75.7 cm³/mol. The van der Waals surface area contributed by atoms with Gasteiger partial charge in [0, 0.05) is 24.7 Å². The molecule has 5 heteroatoms. The lowest BCUT2D eigenvalue weighted by Gasteiger charge is -2.10. The predicted octanol–water partition coefficient (Wildman–Crippen LogP) is 1.61. The van der Waals surface area contributed by atoms with E-state index in [4.69, 9.17) is 4.84 Å². The van der Waals surface area contributed by atoms with Gasteiger partial charge in [0.1, 0.15) is 0 Å². The summed E-state index contributed by atoms with van der Waals surface area (Å²) in [5, 5.41) is 4.06. The molecule has 0 bridgehead atoms. The summed E-state index contributed by atoms with van der Waals surface area (Å²) in [6, 6.07) is 7.46. The van der Waals surface area contributed by atoms with Gasteiger partial charge in [0.05, 0.1) is 7.11 Å². The van der Waals surface area contributed by atoms with Gasteiger partial charge in [-0.2, -0.15) is 0 Å². The Labute approximate surface area is 118 Å². The first kappa shape index (κ1) is 14.3. The fourth-order valence-electron chi connectivity index (χ4n) is 1.60. The van der Waals surface area contributed by atoms with Crippen molar-refractivity contribution < 1.29 is 14.4 Å². The van der Waals surface area contributed by atoms with Crippen molar-refractivity contribution in [2.24, 2.45) is 0 Å². The molecule has 0 unspecified atom stereocenters. The first-order valence-corrected chi connectivity index (χ1v) is 6.51. The maximum absolute atomic E-state index is 11.8. The minimum atomic E-state index is -0.247. The molecular weight excluding hydrogens is 256 g/mol. The standard InChI is InChI=1S/C15H18N2O3/c1-17(20-2)14(18)10-5-11-3-6-12(7-4-11)15(19)16-13-8-9-13/h3-7,10,13H,8-9H2,1-2H3,(H,16,19)/b10-5+. The minimum absolute atomic E-state index is 0.0433. The SMILES string of the molecule is CON(C)C(=O)/C=C/c1ccc(C(=O)NC2CC2)cc1. The highest BCUT2D eigenvalue weighted by Gasteiger charge is 2.23. The number of benzene rings is 1. The summed E-state index contributed by atoms with van der Waals surface area (Å²) in [5.74, 6) is -0.290. The van der Waals surface area contributed by atoms with Crippen molar-refractivity contribution in [1.82, 2.24) is 10.4 Å². The number of carbonyl (C=O) groups is 2. The summed E-state index contributed by atoms with van der Waals surface area (Å²) in [6.07, 6.45) is 5.24. The first-order valence-electron chi connectivity index (χ1n) is 6.51. The fourth-order valence-corrected chi connectivity index (χ4v) is 1.60. The molecule has 5 nitrogen and oxygen atoms in total. The minimum Gasteiger partial charge on any atom is -0.349 e. The zero-order valence-corrected chi connectivity index (χ0v) is 11.6. The van der Waals surface area contributed by atoms with E-state index in [1.165, 1.54) is 20.2 Å². The van der Waals surface area contributed by atoms with Gasteiger partial charge in [-0.3, -0.25) is 14.4 Å². The van der Waals surface area contributed by atoms with Crippen LogP contribution >= 0.6 is 0 Å². The van der Waals surface area contributed by atoms with Gasteiger partial charge in [-0.15, -0.1) is 0 Å². The summed E-state index contributed by atoms with van der Waals surface area (Å²) in [7, 11) is 2.97. The Morgan fingerprint density at radius 2 is 1.95 bits per heavy atom. The van der Waals surface area contributed by atoms with Crippen LogP contribution in [0, 0.1) is 0 Å². The molecule has 1 fully saturated rings. The van der Waals surface area contributed by atoms with Crippen molar-refractivity contribution in [3.63, 3.8) is 0 Å². The van der Waals surface area contributed by atoms with Crippen molar-refractivity contribution in [3.05, 3.63) is 41.5 Å². The van der Waals surface area contributed by atoms with Crippen molar-refractivity contribution in [2.45, 2.75) is 18.9 Å². The van der Waals surface area contributed by atoms with Crippen LogP contribution < -0.4 is 5.32 Å². The number of hydrogen-bond donors (Lipinski definition) is 1. The number of nitrogens with one attached hydrogen (secondary N) is 1. The molecule has 0 heterocycles. The van der Waals surface area contributed by atoms with Crippen molar-refractivity contribution in [1.29, 1.82) is 0 Å². The van der Waals surface area contributed by atoms with E-state index in [9.17, 15) is 9.59 Å². The molecule has 106 valence electrons. The quantitative estimate of drug-likeness (QED) is 0.655. The van der Waals surface area contributed by atoms with E-state index in [2.05, 4.69) is 5.32 Å². The van der Waals surface area contributed by atoms with Crippen molar-refractivity contribution in [2.75, 3.05) is 14.2 Å². The van der Waals surface area contributed by atoms with Crippen molar-refractivity contribution >= 4 is 17.9 Å². The molecule has 0 spiro atoms. The molecule has 2 rings (SSSR count). The Bertz CT molecular complexity index is 518. The lowest BCUT2D eigenvalue weighted by molar-refractivity contribution is -0.162. The molecule has 0 atom stereocenters. The lowest BCUT2D eigenvalue weighted by atomic mass is 10.1. The third-order valence-corrected chi connectivity index (χ3v) is 3.09. The molecule has 1 aliphatic carbocycles. The van der Waals surface area contributed by atoms with Crippen LogP contribution in [0.25, 0.3) is 6.08 Å². The van der Waals surface area contributed by atoms with E-state index in [0.29, 0.717) is 11.6 Å². The lowest BCUT2D eigenvalue weighted by Crippen LogP contribution is -2.25. The van der Waals surface area contributed by atoms with Crippen LogP contribution in [0.2, 0.25) is 0 Å². The smallest absolute Gasteiger partial charge is 0.269 e. The van der Waals surface area contributed by atoms with E-state index in [0.717, 1.165) is 23.5 Å². The molecule has 0 aromatic heterocycles. The van der Waals surface area contributed by atoms with E-state index >= 15 is 0 Å². The van der Waals surface area contributed by atoms with E-state index < -0.39 is 0 Å². The van der Waals surface area contributed by atoms with Gasteiger partial charge in [-0.05, 0) is 36.6 Å². The Morgan fingerprint density at radius 1 is 1.30 bits per heavy atom. The Balaban J connectivity index is 1.95. The van der Waals surface area contributed by atoms with Crippen LogP contribution in [0.5, 0.6) is 0 Å². The van der Waals surface area contributed by atoms with Crippen LogP contribution in [0.4, 0.5) is 0 Å². The van der Waals surface area contributed by atoms with Crippen LogP contribution in [-0.2, 0) is 9.63 Å². The summed E-state index contributed by atoms with van der Waals surface area (Å²) in [6.45, 7) is 0. The average Bonchev–Trinajstić information content (AvgIpc) is 3.28. The van der Waals surface area contributed by atoms with Gasteiger partial charge in [0.2, 0.25) is 0 Å². The summed E-state index contributed by atoms with van der Waals surface area (Å²) in [5.41, 5.74) is 1.49. The van der Waals surface area contributed by atoms with Gasteiger partial charge in [-0.25, -0.2) is 5.06 Å². The van der Waals surface area contributed by atoms with Gasteiger partial charge in [0.15, 0.2) is 0 Å². The summed E-state index contributed by atoms with van der Waals surface area (Å²) < 4.78 is 0. The molecule has 1 saturated carbocycles. The number of hydrogen-bond acceptors (Lipinski definition) is 3. The maximum Gasteiger partial charge on any atom is 0.269 e. The van der Waals surface area contributed by atoms with Gasteiger partial charge < -0.3 is 5.32 Å². The third-order valence-electron chi connectivity index (χ3n) is 3.09. The van der Waals surface area contributed by atoms with Crippen LogP contribution in [-0.4, -0.2) is 37.1 Å². The molecule has 2 amide bonds. The first-order chi connectivity index (χ1) is 9.60. The van der Waals surface area contributed by atoms with Crippen LogP contribution in [0.3, 0.4) is 0 Å². The van der Waals surface area contributed by atoms with Gasteiger partial charge >= 0.3 is 0 Å². The van der Waals surface area contributed by atoms with E-state index in [1.54, 1.807) is 30.3 Å². The Hall–Kier alpha value is -2.14. The molecular formula is C15H18N2O3. The average molecular weight is 274 g/mol. The zero-order valence-electron chi connectivity index (χ0n) is 11.6. The second-order valence-electron chi connectivity index (χ2n) is 4.72. The summed E-state index contributed by atoms with van der Waals surface area (Å²) >= 11 is 0. The third kappa shape index (κ3) is 3.93. The number of carbonyl (C=O) groups excluding carboxylic acids is 2. The highest BCUT2D eigenvalue weighted by Crippen LogP contribution is 2.19. The van der Waals surface area contributed by atoms with E-state index in [-0.39, 0.29) is 11.8 Å². The normalized spacial score (nSPS) is 14.3. The highest BCUT2D eigenvalue weighted by molar-refractivity contribution is 5.95. The summed E-state index contributed by atoms with van der Waals surface area (Å²) in [4.78, 5) is 28.1. The second kappa shape index (κ2) is 6.34. The largest absolute Gasteiger partial charge is 0.349 e. The fraction of sp³-hybridized carbons (Fsp3) is 0.333. The maximum atomic E-state index is 11.8. The molecule has 20 heavy (non-hydrogen) atoms. The monoisotopic (exact) mass is 274 g/mol. The van der Waals surface area contributed by atoms with Crippen LogP contribution in [0.15, 0.2) is 30.3 Å². The molecule has 0 radical (unpaired) electrons. The number of amides is 2. The Morgan fingerprint density at radius 3 is 2.50 bits per heavy atom. The van der Waals surface area contributed by atoms with Crippen molar-refractivity contribution in [3.8, 4) is 0 Å². The van der Waals surface area contributed by atoms with Gasteiger partial charge in [0.25, 0.3) is 11.8 Å². The van der Waals surface area contributed by atoms with Gasteiger partial charge in [-0.1, -0.05) is 12.1 Å². The highest BCUT2D eigenvalue weighted by atomic mass is 16.7. The molecule has 1 aromatic carbocycles. The number of hydroxylamine groups is 2. The molecule has 0 saturated heterocycles. The number of rotatable bonds is 5. The number of nitrogens with zero attached hydrogens (tertiary/aromatic N) is 1. The molecule has 0 aliphatic heterocycles. The Kier molecular flexibility index (Phi) is 4.53. The second-order valence-corrected chi connectivity index (χ2v) is 4.72. The topological polar surface area (TPSA) is 58.6 Å². The van der Waals surface area contributed by atoms with E-state index in [1.807, 2.05) is 0 Å².